The van der Waals surface area contributed by atoms with Crippen molar-refractivity contribution in [3.8, 4) is 0 Å². The molecule has 0 saturated heterocycles. The number of pyridine rings is 1. The maximum atomic E-state index is 11.7. The first kappa shape index (κ1) is 12.8. The highest BCUT2D eigenvalue weighted by Gasteiger charge is 2.15. The lowest BCUT2D eigenvalue weighted by atomic mass is 10.1. The Bertz CT molecular complexity index is 596. The summed E-state index contributed by atoms with van der Waals surface area (Å²) >= 11 is 6.26. The smallest absolute Gasteiger partial charge is 0.341 e. The molecule has 1 aromatic heterocycles. The van der Waals surface area contributed by atoms with Crippen LogP contribution in [-0.2, 0) is 11.2 Å². The van der Waals surface area contributed by atoms with Crippen LogP contribution in [0.5, 0.6) is 0 Å². The molecule has 3 nitrogen and oxygen atoms in total. The Balaban J connectivity index is 2.58. The Morgan fingerprint density at radius 1 is 1.39 bits per heavy atom. The maximum Gasteiger partial charge on any atom is 0.341 e. The monoisotopic (exact) mass is 263 g/mol. The molecule has 2 aromatic rings. The maximum absolute atomic E-state index is 11.7. The van der Waals surface area contributed by atoms with Crippen molar-refractivity contribution in [1.29, 1.82) is 0 Å². The second kappa shape index (κ2) is 5.36. The Morgan fingerprint density at radius 2 is 2.17 bits per heavy atom. The van der Waals surface area contributed by atoms with Gasteiger partial charge in [-0.3, -0.25) is 4.98 Å². The molecule has 2 rings (SSSR count). The molecular formula is C14H14ClNO2. The standard InChI is InChI=1S/C14H14ClNO2/c1-3-9-5-6-12-10(7-9)13(15)11(8-16-12)14(17)18-4-2/h5-8H,3-4H2,1-2H3. The summed E-state index contributed by atoms with van der Waals surface area (Å²) in [4.78, 5) is 16.0. The SMILES string of the molecule is CCOC(=O)c1cnc2ccc(CC)cc2c1Cl. The highest BCUT2D eigenvalue weighted by Crippen LogP contribution is 2.27. The Kier molecular flexibility index (Phi) is 3.82. The number of benzene rings is 1. The molecule has 0 unspecified atom stereocenters. The summed E-state index contributed by atoms with van der Waals surface area (Å²) in [5.74, 6) is -0.432. The van der Waals surface area contributed by atoms with Crippen LogP contribution in [0, 0.1) is 0 Å². The number of carbonyl (C=O) groups is 1. The average molecular weight is 264 g/mol. The van der Waals surface area contributed by atoms with Crippen LogP contribution >= 0.6 is 11.6 Å². The molecule has 4 heteroatoms. The predicted molar refractivity (Wildman–Crippen MR) is 72.1 cm³/mol. The zero-order valence-electron chi connectivity index (χ0n) is 10.4. The molecule has 18 heavy (non-hydrogen) atoms. The van der Waals surface area contributed by atoms with E-state index in [1.54, 1.807) is 6.92 Å². The fraction of sp³-hybridized carbons (Fsp3) is 0.286. The van der Waals surface area contributed by atoms with Gasteiger partial charge in [-0.1, -0.05) is 24.6 Å². The molecule has 0 N–H and O–H groups in total. The van der Waals surface area contributed by atoms with E-state index in [9.17, 15) is 4.79 Å². The average Bonchev–Trinajstić information content (AvgIpc) is 2.39. The number of esters is 1. The number of ether oxygens (including phenoxy) is 1. The van der Waals surface area contributed by atoms with Crippen molar-refractivity contribution >= 4 is 28.5 Å². The third kappa shape index (κ3) is 2.31. The molecule has 0 aliphatic carbocycles. The number of aromatic nitrogens is 1. The summed E-state index contributed by atoms with van der Waals surface area (Å²) in [7, 11) is 0. The summed E-state index contributed by atoms with van der Waals surface area (Å²) in [5, 5.41) is 1.20. The molecule has 1 aromatic carbocycles. The number of aryl methyl sites for hydroxylation is 1. The van der Waals surface area contributed by atoms with Crippen LogP contribution in [0.15, 0.2) is 24.4 Å². The van der Waals surface area contributed by atoms with Gasteiger partial charge in [-0.2, -0.15) is 0 Å². The van der Waals surface area contributed by atoms with Gasteiger partial charge in [0.25, 0.3) is 0 Å². The van der Waals surface area contributed by atoms with Crippen LogP contribution < -0.4 is 0 Å². The van der Waals surface area contributed by atoms with Crippen molar-refractivity contribution in [3.63, 3.8) is 0 Å². The Hall–Kier alpha value is -1.61. The van der Waals surface area contributed by atoms with Crippen LogP contribution in [0.25, 0.3) is 10.9 Å². The third-order valence-electron chi connectivity index (χ3n) is 2.77. The minimum atomic E-state index is -0.432. The number of hydrogen-bond donors (Lipinski definition) is 0. The number of nitrogens with zero attached hydrogens (tertiary/aromatic N) is 1. The van der Waals surface area contributed by atoms with Crippen molar-refractivity contribution in [2.45, 2.75) is 20.3 Å². The summed E-state index contributed by atoms with van der Waals surface area (Å²) < 4.78 is 4.95. The summed E-state index contributed by atoms with van der Waals surface area (Å²) in [5.41, 5.74) is 2.26. The minimum Gasteiger partial charge on any atom is -0.462 e. The van der Waals surface area contributed by atoms with Gasteiger partial charge < -0.3 is 4.74 Å². The second-order valence-corrected chi connectivity index (χ2v) is 4.29. The van der Waals surface area contributed by atoms with Crippen LogP contribution in [0.1, 0.15) is 29.8 Å². The van der Waals surface area contributed by atoms with Crippen LogP contribution in [0.2, 0.25) is 5.02 Å². The summed E-state index contributed by atoms with van der Waals surface area (Å²) in [6.07, 6.45) is 2.38. The summed E-state index contributed by atoms with van der Waals surface area (Å²) in [6.45, 7) is 4.15. The molecule has 0 bridgehead atoms. The molecule has 0 aliphatic rings. The highest BCUT2D eigenvalue weighted by atomic mass is 35.5. The molecular weight excluding hydrogens is 250 g/mol. The lowest BCUT2D eigenvalue weighted by Gasteiger charge is -2.07. The number of hydrogen-bond acceptors (Lipinski definition) is 3. The van der Waals surface area contributed by atoms with Crippen molar-refractivity contribution in [2.75, 3.05) is 6.61 Å². The van der Waals surface area contributed by atoms with Gasteiger partial charge in [0.2, 0.25) is 0 Å². The van der Waals surface area contributed by atoms with Gasteiger partial charge in [0.1, 0.15) is 0 Å². The fourth-order valence-electron chi connectivity index (χ4n) is 1.78. The largest absolute Gasteiger partial charge is 0.462 e. The van der Waals surface area contributed by atoms with Crippen molar-refractivity contribution in [3.05, 3.63) is 40.5 Å². The van der Waals surface area contributed by atoms with E-state index in [1.807, 2.05) is 18.2 Å². The quantitative estimate of drug-likeness (QED) is 0.794. The number of halogens is 1. The number of carbonyl (C=O) groups excluding carboxylic acids is 1. The van der Waals surface area contributed by atoms with Crippen LogP contribution in [0.4, 0.5) is 0 Å². The van der Waals surface area contributed by atoms with Gasteiger partial charge in [-0.25, -0.2) is 4.79 Å². The first-order valence-electron chi connectivity index (χ1n) is 5.91. The fourth-order valence-corrected chi connectivity index (χ4v) is 2.06. The van der Waals surface area contributed by atoms with Gasteiger partial charge in [-0.05, 0) is 31.0 Å². The van der Waals surface area contributed by atoms with Crippen molar-refractivity contribution in [2.24, 2.45) is 0 Å². The van der Waals surface area contributed by atoms with Crippen molar-refractivity contribution < 1.29 is 9.53 Å². The molecule has 0 radical (unpaired) electrons. The Morgan fingerprint density at radius 3 is 2.83 bits per heavy atom. The lowest BCUT2D eigenvalue weighted by Crippen LogP contribution is -2.06. The van der Waals surface area contributed by atoms with Gasteiger partial charge >= 0.3 is 5.97 Å². The van der Waals surface area contributed by atoms with Gasteiger partial charge in [0, 0.05) is 11.6 Å². The van der Waals surface area contributed by atoms with E-state index < -0.39 is 5.97 Å². The zero-order valence-corrected chi connectivity index (χ0v) is 11.1. The van der Waals surface area contributed by atoms with Gasteiger partial charge in [-0.15, -0.1) is 0 Å². The molecule has 0 atom stereocenters. The van der Waals surface area contributed by atoms with E-state index in [0.717, 1.165) is 22.9 Å². The first-order chi connectivity index (χ1) is 8.67. The summed E-state index contributed by atoms with van der Waals surface area (Å²) in [6, 6.07) is 5.89. The van der Waals surface area contributed by atoms with E-state index in [2.05, 4.69) is 11.9 Å². The van der Waals surface area contributed by atoms with E-state index in [4.69, 9.17) is 16.3 Å². The molecule has 0 spiro atoms. The van der Waals surface area contributed by atoms with E-state index in [1.165, 1.54) is 6.20 Å². The van der Waals surface area contributed by atoms with Crippen LogP contribution in [0.3, 0.4) is 0 Å². The zero-order chi connectivity index (χ0) is 13.1. The molecule has 0 aliphatic heterocycles. The highest BCUT2D eigenvalue weighted by molar-refractivity contribution is 6.38. The van der Waals surface area contributed by atoms with E-state index in [-0.39, 0.29) is 0 Å². The normalized spacial score (nSPS) is 10.6. The number of rotatable bonds is 3. The van der Waals surface area contributed by atoms with Gasteiger partial charge in [0.15, 0.2) is 0 Å². The van der Waals surface area contributed by atoms with Crippen LogP contribution in [-0.4, -0.2) is 17.6 Å². The Labute approximate surface area is 111 Å². The molecule has 1 heterocycles. The number of fused-ring (bicyclic) bond motifs is 1. The minimum absolute atomic E-state index is 0.319. The van der Waals surface area contributed by atoms with Crippen molar-refractivity contribution in [1.82, 2.24) is 4.98 Å². The molecule has 0 saturated carbocycles. The van der Waals surface area contributed by atoms with Gasteiger partial charge in [0.05, 0.1) is 22.7 Å². The third-order valence-corrected chi connectivity index (χ3v) is 3.18. The predicted octanol–water partition coefficient (Wildman–Crippen LogP) is 3.63. The lowest BCUT2D eigenvalue weighted by molar-refractivity contribution is 0.0526. The molecule has 0 amide bonds. The molecule has 0 fully saturated rings. The topological polar surface area (TPSA) is 39.2 Å². The van der Waals surface area contributed by atoms with E-state index >= 15 is 0 Å². The molecule has 94 valence electrons. The second-order valence-electron chi connectivity index (χ2n) is 3.91. The first-order valence-corrected chi connectivity index (χ1v) is 6.29. The van der Waals surface area contributed by atoms with E-state index in [0.29, 0.717) is 17.2 Å².